The molecule has 0 saturated carbocycles. The molecule has 2 aromatic rings. The summed E-state index contributed by atoms with van der Waals surface area (Å²) in [7, 11) is 0. The van der Waals surface area contributed by atoms with Gasteiger partial charge in [-0.2, -0.15) is 5.10 Å². The number of hydrogen-bond acceptors (Lipinski definition) is 2. The number of nitrogens with one attached hydrogen (secondary N) is 1. The van der Waals surface area contributed by atoms with E-state index < -0.39 is 0 Å². The van der Waals surface area contributed by atoms with Gasteiger partial charge in [0.2, 0.25) is 0 Å². The summed E-state index contributed by atoms with van der Waals surface area (Å²) < 4.78 is 0. The van der Waals surface area contributed by atoms with Crippen LogP contribution in [-0.2, 0) is 0 Å². The Labute approximate surface area is 163 Å². The van der Waals surface area contributed by atoms with Gasteiger partial charge in [-0.1, -0.05) is 54.5 Å². The van der Waals surface area contributed by atoms with Gasteiger partial charge >= 0.3 is 0 Å². The average molecular weight is 359 g/mol. The Morgan fingerprint density at radius 1 is 0.889 bits per heavy atom. The molecule has 0 amide bonds. The third-order valence-electron chi connectivity index (χ3n) is 5.95. The minimum atomic E-state index is 0.453. The first-order valence-electron chi connectivity index (χ1n) is 9.66. The molecule has 0 fully saturated rings. The van der Waals surface area contributed by atoms with Crippen LogP contribution in [0.15, 0.2) is 58.2 Å². The quantitative estimate of drug-likeness (QED) is 0.471. The van der Waals surface area contributed by atoms with Gasteiger partial charge in [0.05, 0.1) is 11.9 Å². The Kier molecular flexibility index (Phi) is 5.36. The van der Waals surface area contributed by atoms with Gasteiger partial charge in [0, 0.05) is 11.5 Å². The lowest BCUT2D eigenvalue weighted by Crippen LogP contribution is -2.02. The van der Waals surface area contributed by atoms with Crippen molar-refractivity contribution in [1.82, 2.24) is 0 Å². The molecule has 2 nitrogen and oxygen atoms in total. The highest BCUT2D eigenvalue weighted by Crippen LogP contribution is 2.42. The average Bonchev–Trinajstić information content (AvgIpc) is 2.81. The minimum absolute atomic E-state index is 0.453. The number of allylic oxidation sites excluding steroid dienone is 4. The summed E-state index contributed by atoms with van der Waals surface area (Å²) in [5.41, 5.74) is 16.2. The van der Waals surface area contributed by atoms with E-state index in [2.05, 4.69) is 95.4 Å². The zero-order valence-corrected chi connectivity index (χ0v) is 17.6. The Morgan fingerprint density at radius 2 is 1.52 bits per heavy atom. The molecule has 1 aliphatic rings. The fraction of sp³-hybridized carbons (Fsp3) is 0.320. The highest BCUT2D eigenvalue weighted by molar-refractivity contribution is 5.92. The fourth-order valence-electron chi connectivity index (χ4n) is 4.18. The van der Waals surface area contributed by atoms with Crippen LogP contribution < -0.4 is 5.43 Å². The number of anilines is 1. The molecule has 140 valence electrons. The van der Waals surface area contributed by atoms with Crippen LogP contribution in [0.1, 0.15) is 55.5 Å². The molecule has 27 heavy (non-hydrogen) atoms. The van der Waals surface area contributed by atoms with E-state index >= 15 is 0 Å². The molecule has 2 aromatic carbocycles. The first-order chi connectivity index (χ1) is 12.8. The van der Waals surface area contributed by atoms with Crippen LogP contribution >= 0.6 is 0 Å². The highest BCUT2D eigenvalue weighted by Gasteiger charge is 2.25. The maximum absolute atomic E-state index is 4.57. The second-order valence-electron chi connectivity index (χ2n) is 7.80. The van der Waals surface area contributed by atoms with Crippen LogP contribution in [0.4, 0.5) is 5.69 Å². The van der Waals surface area contributed by atoms with E-state index in [9.17, 15) is 0 Å². The van der Waals surface area contributed by atoms with Crippen LogP contribution in [0.2, 0.25) is 0 Å². The molecule has 1 atom stereocenters. The molecule has 0 heterocycles. The van der Waals surface area contributed by atoms with Crippen molar-refractivity contribution in [2.45, 2.75) is 48.5 Å². The lowest BCUT2D eigenvalue weighted by Gasteiger charge is -2.15. The smallest absolute Gasteiger partial charge is 0.0620 e. The normalized spacial score (nSPS) is 17.4. The van der Waals surface area contributed by atoms with Crippen LogP contribution in [0, 0.1) is 26.7 Å². The molecule has 1 N–H and O–H groups in total. The first kappa shape index (κ1) is 19.2. The Balaban J connectivity index is 1.92. The largest absolute Gasteiger partial charge is 0.278 e. The van der Waals surface area contributed by atoms with Gasteiger partial charge in [-0.25, -0.2) is 0 Å². The summed E-state index contributed by atoms with van der Waals surface area (Å²) in [6.07, 6.45) is 1.95. The van der Waals surface area contributed by atoms with Gasteiger partial charge in [-0.3, -0.25) is 5.43 Å². The van der Waals surface area contributed by atoms with Gasteiger partial charge in [0.1, 0.15) is 0 Å². The number of hydrogen-bond donors (Lipinski definition) is 1. The molecule has 2 heteroatoms. The molecule has 0 saturated heterocycles. The summed E-state index contributed by atoms with van der Waals surface area (Å²) in [5.74, 6) is 0.453. The van der Waals surface area contributed by atoms with Crippen molar-refractivity contribution in [2.24, 2.45) is 11.0 Å². The summed E-state index contributed by atoms with van der Waals surface area (Å²) in [5, 5.41) is 4.57. The van der Waals surface area contributed by atoms with E-state index in [-0.39, 0.29) is 0 Å². The van der Waals surface area contributed by atoms with Crippen molar-refractivity contribution in [1.29, 1.82) is 0 Å². The van der Waals surface area contributed by atoms with E-state index in [0.717, 1.165) is 11.3 Å². The van der Waals surface area contributed by atoms with Gasteiger partial charge in [-0.05, 0) is 75.0 Å². The lowest BCUT2D eigenvalue weighted by atomic mass is 9.89. The molecule has 0 spiro atoms. The van der Waals surface area contributed by atoms with Crippen molar-refractivity contribution >= 4 is 17.5 Å². The molecule has 0 aliphatic heterocycles. The van der Waals surface area contributed by atoms with Crippen LogP contribution in [0.3, 0.4) is 0 Å². The Morgan fingerprint density at radius 3 is 2.11 bits per heavy atom. The molecular formula is C25H30N2. The van der Waals surface area contributed by atoms with Gasteiger partial charge in [0.25, 0.3) is 0 Å². The van der Waals surface area contributed by atoms with E-state index in [1.165, 1.54) is 44.5 Å². The topological polar surface area (TPSA) is 24.4 Å². The summed E-state index contributed by atoms with van der Waals surface area (Å²) in [6.45, 7) is 15.4. The predicted octanol–water partition coefficient (Wildman–Crippen LogP) is 6.82. The second kappa shape index (κ2) is 7.56. The van der Waals surface area contributed by atoms with Crippen molar-refractivity contribution in [3.05, 3.63) is 80.9 Å². The predicted molar refractivity (Wildman–Crippen MR) is 118 cm³/mol. The maximum Gasteiger partial charge on any atom is 0.0620 e. The van der Waals surface area contributed by atoms with Gasteiger partial charge in [-0.15, -0.1) is 0 Å². The van der Waals surface area contributed by atoms with E-state index in [0.29, 0.717) is 5.92 Å². The second-order valence-corrected chi connectivity index (χ2v) is 7.80. The van der Waals surface area contributed by atoms with Crippen molar-refractivity contribution in [2.75, 3.05) is 5.43 Å². The lowest BCUT2D eigenvalue weighted by molar-refractivity contribution is 0.895. The zero-order valence-electron chi connectivity index (χ0n) is 17.6. The molecular weight excluding hydrogens is 328 g/mol. The van der Waals surface area contributed by atoms with Gasteiger partial charge in [0.15, 0.2) is 0 Å². The maximum atomic E-state index is 4.57. The van der Waals surface area contributed by atoms with Gasteiger partial charge < -0.3 is 0 Å². The fourth-order valence-corrected chi connectivity index (χ4v) is 4.18. The third-order valence-corrected chi connectivity index (χ3v) is 5.95. The van der Waals surface area contributed by atoms with Crippen molar-refractivity contribution < 1.29 is 0 Å². The zero-order chi connectivity index (χ0) is 19.7. The number of rotatable bonds is 4. The highest BCUT2D eigenvalue weighted by atomic mass is 15.3. The third kappa shape index (κ3) is 3.62. The van der Waals surface area contributed by atoms with E-state index in [1.54, 1.807) is 0 Å². The van der Waals surface area contributed by atoms with E-state index in [1.807, 2.05) is 6.21 Å². The molecule has 1 unspecified atom stereocenters. The first-order valence-corrected chi connectivity index (χ1v) is 9.66. The number of benzene rings is 2. The Bertz CT molecular complexity index is 951. The molecule has 3 rings (SSSR count). The SMILES string of the molecule is CC1=C(C)C(C)C(c2ccccc2/C=N/Nc2c(C)cc(C)cc2C)=C1C. The summed E-state index contributed by atoms with van der Waals surface area (Å²) in [4.78, 5) is 0. The van der Waals surface area contributed by atoms with Crippen LogP contribution in [-0.4, -0.2) is 6.21 Å². The number of hydrazone groups is 1. The minimum Gasteiger partial charge on any atom is -0.278 e. The monoisotopic (exact) mass is 358 g/mol. The van der Waals surface area contributed by atoms with Crippen LogP contribution in [0.5, 0.6) is 0 Å². The summed E-state index contributed by atoms with van der Waals surface area (Å²) >= 11 is 0. The Hall–Kier alpha value is -2.61. The van der Waals surface area contributed by atoms with E-state index in [4.69, 9.17) is 0 Å². The van der Waals surface area contributed by atoms with Crippen molar-refractivity contribution in [3.8, 4) is 0 Å². The van der Waals surface area contributed by atoms with Crippen LogP contribution in [0.25, 0.3) is 5.57 Å². The molecule has 1 aliphatic carbocycles. The molecule has 0 aromatic heterocycles. The van der Waals surface area contributed by atoms with Crippen molar-refractivity contribution in [3.63, 3.8) is 0 Å². The molecule has 0 bridgehead atoms. The number of nitrogens with zero attached hydrogens (tertiary/aromatic N) is 1. The summed E-state index contributed by atoms with van der Waals surface area (Å²) in [6, 6.07) is 12.9. The standard InChI is InChI=1S/C25H30N2/c1-15-12-16(2)25(17(3)13-15)27-26-14-22-10-8-9-11-23(22)24-20(6)18(4)19(5)21(24)7/h8-14,20,27H,1-7H3/b26-14+. The molecule has 0 radical (unpaired) electrons. The number of aryl methyl sites for hydroxylation is 3.